The molecule has 0 radical (unpaired) electrons. The molecular formula is C13H19N3O3S. The monoisotopic (exact) mass is 297 g/mol. The summed E-state index contributed by atoms with van der Waals surface area (Å²) < 4.78 is 25.4. The summed E-state index contributed by atoms with van der Waals surface area (Å²) in [6.45, 7) is 0. The van der Waals surface area contributed by atoms with E-state index in [9.17, 15) is 13.2 Å². The number of sulfonamides is 1. The van der Waals surface area contributed by atoms with E-state index in [0.29, 0.717) is 18.5 Å². The predicted octanol–water partition coefficient (Wildman–Crippen LogP) is 0.805. The molecule has 2 rings (SSSR count). The normalized spacial score (nSPS) is 17.9. The van der Waals surface area contributed by atoms with Gasteiger partial charge in [0.1, 0.15) is 0 Å². The van der Waals surface area contributed by atoms with Gasteiger partial charge in [0.05, 0.1) is 10.4 Å². The van der Waals surface area contributed by atoms with E-state index in [4.69, 9.17) is 5.73 Å². The molecule has 0 bridgehead atoms. The average Bonchev–Trinajstić information content (AvgIpc) is 2.88. The zero-order valence-corrected chi connectivity index (χ0v) is 12.2. The van der Waals surface area contributed by atoms with Gasteiger partial charge < -0.3 is 11.1 Å². The van der Waals surface area contributed by atoms with Crippen LogP contribution < -0.4 is 15.8 Å². The van der Waals surface area contributed by atoms with E-state index in [1.54, 1.807) is 12.1 Å². The zero-order chi connectivity index (χ0) is 14.8. The van der Waals surface area contributed by atoms with Gasteiger partial charge in [0.25, 0.3) is 0 Å². The van der Waals surface area contributed by atoms with Gasteiger partial charge in [-0.25, -0.2) is 13.1 Å². The second-order valence-electron chi connectivity index (χ2n) is 5.05. The summed E-state index contributed by atoms with van der Waals surface area (Å²) in [5.41, 5.74) is 5.80. The Labute approximate surface area is 118 Å². The van der Waals surface area contributed by atoms with Crippen molar-refractivity contribution < 1.29 is 13.2 Å². The van der Waals surface area contributed by atoms with Crippen molar-refractivity contribution in [1.82, 2.24) is 4.72 Å². The minimum Gasteiger partial charge on any atom is -0.324 e. The summed E-state index contributed by atoms with van der Waals surface area (Å²) >= 11 is 0. The lowest BCUT2D eigenvalue weighted by Gasteiger charge is -2.22. The molecule has 0 aliphatic heterocycles. The summed E-state index contributed by atoms with van der Waals surface area (Å²) in [6, 6.07) is 6.00. The number of anilines is 1. The number of amides is 1. The van der Waals surface area contributed by atoms with Crippen LogP contribution in [0.15, 0.2) is 29.2 Å². The van der Waals surface area contributed by atoms with Crippen LogP contribution in [-0.4, -0.2) is 26.9 Å². The van der Waals surface area contributed by atoms with Crippen molar-refractivity contribution in [2.24, 2.45) is 5.73 Å². The van der Waals surface area contributed by atoms with Gasteiger partial charge in [-0.1, -0.05) is 12.8 Å². The topological polar surface area (TPSA) is 101 Å². The van der Waals surface area contributed by atoms with Crippen molar-refractivity contribution in [3.63, 3.8) is 0 Å². The van der Waals surface area contributed by atoms with Gasteiger partial charge in [-0.15, -0.1) is 0 Å². The molecule has 1 aromatic carbocycles. The van der Waals surface area contributed by atoms with Crippen molar-refractivity contribution >= 4 is 21.6 Å². The molecule has 1 aromatic rings. The summed E-state index contributed by atoms with van der Waals surface area (Å²) in [5, 5.41) is 2.74. The van der Waals surface area contributed by atoms with E-state index >= 15 is 0 Å². The first-order valence-corrected chi connectivity index (χ1v) is 8.00. The third kappa shape index (κ3) is 3.00. The van der Waals surface area contributed by atoms with Crippen molar-refractivity contribution in [3.05, 3.63) is 24.3 Å². The maximum absolute atomic E-state index is 12.1. The summed E-state index contributed by atoms with van der Waals surface area (Å²) in [5.74, 6) is -0.209. The van der Waals surface area contributed by atoms with Crippen LogP contribution >= 0.6 is 0 Å². The summed E-state index contributed by atoms with van der Waals surface area (Å²) in [6.07, 6.45) is 3.29. The molecule has 20 heavy (non-hydrogen) atoms. The van der Waals surface area contributed by atoms with Crippen LogP contribution in [0.1, 0.15) is 25.7 Å². The Morgan fingerprint density at radius 3 is 2.25 bits per heavy atom. The van der Waals surface area contributed by atoms with Crippen molar-refractivity contribution in [2.75, 3.05) is 12.4 Å². The Hall–Kier alpha value is -1.44. The second-order valence-corrected chi connectivity index (χ2v) is 6.94. The van der Waals surface area contributed by atoms with E-state index in [1.165, 1.54) is 19.2 Å². The number of rotatable bonds is 4. The Bertz CT molecular complexity index is 590. The Morgan fingerprint density at radius 2 is 1.75 bits per heavy atom. The van der Waals surface area contributed by atoms with Crippen LogP contribution in [0, 0.1) is 0 Å². The molecule has 0 spiro atoms. The van der Waals surface area contributed by atoms with E-state index in [-0.39, 0.29) is 10.8 Å². The number of carbonyl (C=O) groups excluding carboxylic acids is 1. The molecule has 1 aliphatic carbocycles. The fraction of sp³-hybridized carbons (Fsp3) is 0.462. The number of hydrogen-bond donors (Lipinski definition) is 3. The SMILES string of the molecule is CNS(=O)(=O)c1ccc(NC(=O)C2(N)CCCC2)cc1. The number of nitrogens with two attached hydrogens (primary N) is 1. The molecule has 0 atom stereocenters. The standard InChI is InChI=1S/C13H19N3O3S/c1-15-20(18,19)11-6-4-10(5-7-11)16-12(17)13(14)8-2-3-9-13/h4-7,15H,2-3,8-9,14H2,1H3,(H,16,17). The van der Waals surface area contributed by atoms with E-state index in [0.717, 1.165) is 12.8 Å². The van der Waals surface area contributed by atoms with E-state index < -0.39 is 15.6 Å². The molecule has 7 heteroatoms. The fourth-order valence-corrected chi connectivity index (χ4v) is 3.05. The molecule has 1 aliphatic rings. The average molecular weight is 297 g/mol. The summed E-state index contributed by atoms with van der Waals surface area (Å²) in [7, 11) is -2.11. The van der Waals surface area contributed by atoms with Crippen molar-refractivity contribution in [3.8, 4) is 0 Å². The van der Waals surface area contributed by atoms with Crippen LogP contribution in [0.25, 0.3) is 0 Å². The smallest absolute Gasteiger partial charge is 0.244 e. The third-order valence-electron chi connectivity index (χ3n) is 3.64. The predicted molar refractivity (Wildman–Crippen MR) is 76.7 cm³/mol. The van der Waals surface area contributed by atoms with Crippen molar-refractivity contribution in [2.45, 2.75) is 36.1 Å². The zero-order valence-electron chi connectivity index (χ0n) is 11.3. The molecule has 1 fully saturated rings. The number of nitrogens with one attached hydrogen (secondary N) is 2. The van der Waals surface area contributed by atoms with Crippen LogP contribution in [0.4, 0.5) is 5.69 Å². The first-order chi connectivity index (χ1) is 9.37. The molecule has 1 saturated carbocycles. The van der Waals surface area contributed by atoms with Crippen molar-refractivity contribution in [1.29, 1.82) is 0 Å². The minimum atomic E-state index is -3.46. The summed E-state index contributed by atoms with van der Waals surface area (Å²) in [4.78, 5) is 12.3. The molecule has 6 nitrogen and oxygen atoms in total. The molecule has 0 aromatic heterocycles. The molecule has 0 unspecified atom stereocenters. The lowest BCUT2D eigenvalue weighted by Crippen LogP contribution is -2.48. The molecule has 0 heterocycles. The van der Waals surface area contributed by atoms with Crippen LogP contribution in [0.2, 0.25) is 0 Å². The Kier molecular flexibility index (Phi) is 4.12. The lowest BCUT2D eigenvalue weighted by atomic mass is 9.98. The minimum absolute atomic E-state index is 0.154. The van der Waals surface area contributed by atoms with Crippen LogP contribution in [0.5, 0.6) is 0 Å². The van der Waals surface area contributed by atoms with E-state index in [1.807, 2.05) is 0 Å². The highest BCUT2D eigenvalue weighted by atomic mass is 32.2. The van der Waals surface area contributed by atoms with Gasteiger partial charge in [-0.3, -0.25) is 4.79 Å². The van der Waals surface area contributed by atoms with E-state index in [2.05, 4.69) is 10.0 Å². The van der Waals surface area contributed by atoms with Gasteiger partial charge >= 0.3 is 0 Å². The van der Waals surface area contributed by atoms with Gasteiger partial charge in [0.2, 0.25) is 15.9 Å². The highest BCUT2D eigenvalue weighted by Crippen LogP contribution is 2.28. The maximum Gasteiger partial charge on any atom is 0.244 e. The number of hydrogen-bond acceptors (Lipinski definition) is 4. The lowest BCUT2D eigenvalue weighted by molar-refractivity contribution is -0.121. The Morgan fingerprint density at radius 1 is 1.20 bits per heavy atom. The molecular weight excluding hydrogens is 278 g/mol. The quantitative estimate of drug-likeness (QED) is 0.765. The Balaban J connectivity index is 2.10. The molecule has 110 valence electrons. The fourth-order valence-electron chi connectivity index (χ4n) is 2.32. The van der Waals surface area contributed by atoms with Gasteiger partial charge in [-0.2, -0.15) is 0 Å². The van der Waals surface area contributed by atoms with Gasteiger partial charge in [0.15, 0.2) is 0 Å². The van der Waals surface area contributed by atoms with Crippen LogP contribution in [0.3, 0.4) is 0 Å². The maximum atomic E-state index is 12.1. The third-order valence-corrected chi connectivity index (χ3v) is 5.07. The number of carbonyl (C=O) groups is 1. The highest BCUT2D eigenvalue weighted by molar-refractivity contribution is 7.89. The molecule has 0 saturated heterocycles. The molecule has 4 N–H and O–H groups in total. The largest absolute Gasteiger partial charge is 0.324 e. The molecule has 1 amide bonds. The second kappa shape index (κ2) is 5.51. The first-order valence-electron chi connectivity index (χ1n) is 6.51. The van der Waals surface area contributed by atoms with Gasteiger partial charge in [-0.05, 0) is 44.2 Å². The van der Waals surface area contributed by atoms with Crippen LogP contribution in [-0.2, 0) is 14.8 Å². The first kappa shape index (κ1) is 15.0. The highest BCUT2D eigenvalue weighted by Gasteiger charge is 2.36. The van der Waals surface area contributed by atoms with Gasteiger partial charge in [0, 0.05) is 5.69 Å². The number of benzene rings is 1.